The standard InChI is InChI=1S/C7H15N.C2H4O2.C2H2/c1-6-4-7(2,3)5-8-6;1-4-2-3;1-2/h6,8H,4-5H2,1-3H3;2H,1H3;1-2H/t6-;;/m0../s1. The van der Waals surface area contributed by atoms with E-state index in [4.69, 9.17) is 4.79 Å². The van der Waals surface area contributed by atoms with Crippen molar-refractivity contribution >= 4 is 6.47 Å². The van der Waals surface area contributed by atoms with Gasteiger partial charge in [0.2, 0.25) is 0 Å². The second-order valence-electron chi connectivity index (χ2n) is 3.98. The third-order valence-electron chi connectivity index (χ3n) is 1.88. The van der Waals surface area contributed by atoms with Crippen molar-refractivity contribution in [3.63, 3.8) is 0 Å². The largest absolute Gasteiger partial charge is 0.471 e. The molecule has 3 nitrogen and oxygen atoms in total. The molecule has 0 bridgehead atoms. The molecule has 1 heterocycles. The molecule has 0 aromatic heterocycles. The summed E-state index contributed by atoms with van der Waals surface area (Å²) in [5.41, 5.74) is 0.555. The van der Waals surface area contributed by atoms with E-state index in [-0.39, 0.29) is 0 Å². The normalized spacial score (nSPS) is 22.0. The van der Waals surface area contributed by atoms with Crippen LogP contribution in [-0.4, -0.2) is 26.2 Å². The highest BCUT2D eigenvalue weighted by molar-refractivity contribution is 5.36. The minimum atomic E-state index is 0.375. The van der Waals surface area contributed by atoms with Crippen LogP contribution in [0, 0.1) is 18.3 Å². The number of nitrogens with one attached hydrogen (secondary N) is 1. The second-order valence-corrected chi connectivity index (χ2v) is 3.98. The highest BCUT2D eigenvalue weighted by Crippen LogP contribution is 2.26. The lowest BCUT2D eigenvalue weighted by molar-refractivity contribution is -0.126. The van der Waals surface area contributed by atoms with E-state index in [1.54, 1.807) is 0 Å². The molecule has 0 aliphatic carbocycles. The fourth-order valence-corrected chi connectivity index (χ4v) is 1.42. The maximum absolute atomic E-state index is 8.95. The summed E-state index contributed by atoms with van der Waals surface area (Å²) >= 11 is 0. The first-order valence-corrected chi connectivity index (χ1v) is 4.55. The number of hydrogen-bond donors (Lipinski definition) is 1. The SMILES string of the molecule is C#C.COC=O.C[C@H]1CC(C)(C)CN1. The molecule has 82 valence electrons. The van der Waals surface area contributed by atoms with E-state index >= 15 is 0 Å². The van der Waals surface area contributed by atoms with E-state index in [1.807, 2.05) is 0 Å². The van der Waals surface area contributed by atoms with Gasteiger partial charge in [0.1, 0.15) is 0 Å². The molecule has 1 N–H and O–H groups in total. The monoisotopic (exact) mass is 199 g/mol. The lowest BCUT2D eigenvalue weighted by Gasteiger charge is -2.13. The van der Waals surface area contributed by atoms with Gasteiger partial charge in [-0.2, -0.15) is 0 Å². The number of ether oxygens (including phenoxy) is 1. The van der Waals surface area contributed by atoms with Crippen LogP contribution in [0.4, 0.5) is 0 Å². The van der Waals surface area contributed by atoms with Crippen LogP contribution < -0.4 is 5.32 Å². The maximum Gasteiger partial charge on any atom is 0.292 e. The molecule has 0 unspecified atom stereocenters. The van der Waals surface area contributed by atoms with E-state index in [1.165, 1.54) is 20.1 Å². The molecule has 0 aromatic rings. The summed E-state index contributed by atoms with van der Waals surface area (Å²) in [6.45, 7) is 8.43. The molecule has 3 heteroatoms. The number of carbonyl (C=O) groups excluding carboxylic acids is 1. The molecule has 1 rings (SSSR count). The van der Waals surface area contributed by atoms with Crippen LogP contribution in [0.25, 0.3) is 0 Å². The van der Waals surface area contributed by atoms with Crippen molar-refractivity contribution in [2.45, 2.75) is 33.2 Å². The Morgan fingerprint density at radius 3 is 2.00 bits per heavy atom. The van der Waals surface area contributed by atoms with Crippen LogP contribution in [0.2, 0.25) is 0 Å². The van der Waals surface area contributed by atoms with Gasteiger partial charge in [-0.3, -0.25) is 4.79 Å². The summed E-state index contributed by atoms with van der Waals surface area (Å²) in [6, 6.07) is 0.741. The van der Waals surface area contributed by atoms with Gasteiger partial charge in [0.15, 0.2) is 0 Å². The van der Waals surface area contributed by atoms with E-state index in [0.717, 1.165) is 6.04 Å². The molecule has 1 fully saturated rings. The Morgan fingerprint density at radius 2 is 1.93 bits per heavy atom. The van der Waals surface area contributed by atoms with E-state index in [2.05, 4.69) is 43.7 Å². The topological polar surface area (TPSA) is 38.3 Å². The van der Waals surface area contributed by atoms with Crippen molar-refractivity contribution < 1.29 is 9.53 Å². The van der Waals surface area contributed by atoms with Gasteiger partial charge >= 0.3 is 0 Å². The molecule has 1 atom stereocenters. The zero-order valence-electron chi connectivity index (χ0n) is 9.54. The van der Waals surface area contributed by atoms with Crippen LogP contribution in [-0.2, 0) is 9.53 Å². The van der Waals surface area contributed by atoms with Crippen molar-refractivity contribution in [1.82, 2.24) is 5.32 Å². The molecule has 14 heavy (non-hydrogen) atoms. The summed E-state index contributed by atoms with van der Waals surface area (Å²) in [4.78, 5) is 8.95. The Balaban J connectivity index is 0. The number of methoxy groups -OCH3 is 1. The van der Waals surface area contributed by atoms with Crippen molar-refractivity contribution in [1.29, 1.82) is 0 Å². The molecule has 0 aromatic carbocycles. The molecule has 0 saturated carbocycles. The van der Waals surface area contributed by atoms with Crippen LogP contribution in [0.5, 0.6) is 0 Å². The highest BCUT2D eigenvalue weighted by atomic mass is 16.5. The van der Waals surface area contributed by atoms with E-state index < -0.39 is 0 Å². The third-order valence-corrected chi connectivity index (χ3v) is 1.88. The zero-order chi connectivity index (χ0) is 11.6. The first kappa shape index (κ1) is 15.5. The molecule has 0 radical (unpaired) electrons. The van der Waals surface area contributed by atoms with Gasteiger partial charge in [-0.15, -0.1) is 12.8 Å². The average Bonchev–Trinajstić information content (AvgIpc) is 2.48. The molecule has 0 spiro atoms. The lowest BCUT2D eigenvalue weighted by atomic mass is 9.91. The minimum Gasteiger partial charge on any atom is -0.471 e. The van der Waals surface area contributed by atoms with Gasteiger partial charge in [-0.1, -0.05) is 13.8 Å². The van der Waals surface area contributed by atoms with Crippen LogP contribution >= 0.6 is 0 Å². The third kappa shape index (κ3) is 9.08. The van der Waals surface area contributed by atoms with Crippen LogP contribution in [0.1, 0.15) is 27.2 Å². The Labute approximate surface area is 87.2 Å². The lowest BCUT2D eigenvalue weighted by Crippen LogP contribution is -2.18. The minimum absolute atomic E-state index is 0.375. The van der Waals surface area contributed by atoms with Crippen LogP contribution in [0.3, 0.4) is 0 Å². The number of carbonyl (C=O) groups is 1. The van der Waals surface area contributed by atoms with Crippen molar-refractivity contribution in [2.75, 3.05) is 13.7 Å². The highest BCUT2D eigenvalue weighted by Gasteiger charge is 2.27. The molecule has 1 saturated heterocycles. The fraction of sp³-hybridized carbons (Fsp3) is 0.727. The quantitative estimate of drug-likeness (QED) is 0.513. The van der Waals surface area contributed by atoms with Crippen molar-refractivity contribution in [3.05, 3.63) is 0 Å². The van der Waals surface area contributed by atoms with Gasteiger partial charge in [0.05, 0.1) is 7.11 Å². The van der Waals surface area contributed by atoms with Gasteiger partial charge in [0.25, 0.3) is 6.47 Å². The van der Waals surface area contributed by atoms with Gasteiger partial charge in [-0.25, -0.2) is 0 Å². The Kier molecular flexibility index (Phi) is 9.48. The summed E-state index contributed by atoms with van der Waals surface area (Å²) in [5.74, 6) is 0. The first-order valence-electron chi connectivity index (χ1n) is 4.55. The molecule has 0 amide bonds. The van der Waals surface area contributed by atoms with Gasteiger partial charge in [0, 0.05) is 12.6 Å². The fourth-order valence-electron chi connectivity index (χ4n) is 1.42. The van der Waals surface area contributed by atoms with E-state index in [0.29, 0.717) is 11.9 Å². The Bertz CT molecular complexity index is 164. The van der Waals surface area contributed by atoms with Crippen LogP contribution in [0.15, 0.2) is 0 Å². The number of terminal acetylenes is 1. The summed E-state index contributed by atoms with van der Waals surface area (Å²) in [5, 5.41) is 3.41. The molecule has 1 aliphatic heterocycles. The molecule has 1 aliphatic rings. The summed E-state index contributed by atoms with van der Waals surface area (Å²) < 4.78 is 3.86. The molecular formula is C11H21NO2. The number of hydrogen-bond acceptors (Lipinski definition) is 3. The van der Waals surface area contributed by atoms with Gasteiger partial charge in [-0.05, 0) is 18.8 Å². The van der Waals surface area contributed by atoms with Crippen molar-refractivity contribution in [3.8, 4) is 12.8 Å². The zero-order valence-corrected chi connectivity index (χ0v) is 9.54. The maximum atomic E-state index is 8.95. The second kappa shape index (κ2) is 8.58. The predicted octanol–water partition coefficient (Wildman–Crippen LogP) is 1.43. The number of rotatable bonds is 1. The first-order chi connectivity index (χ1) is 6.52. The average molecular weight is 199 g/mol. The van der Waals surface area contributed by atoms with E-state index in [9.17, 15) is 0 Å². The van der Waals surface area contributed by atoms with Crippen molar-refractivity contribution in [2.24, 2.45) is 5.41 Å². The molecular weight excluding hydrogens is 178 g/mol. The Hall–Kier alpha value is -1.01. The Morgan fingerprint density at radius 1 is 1.50 bits per heavy atom. The van der Waals surface area contributed by atoms with Gasteiger partial charge < -0.3 is 10.1 Å². The smallest absolute Gasteiger partial charge is 0.292 e. The summed E-state index contributed by atoms with van der Waals surface area (Å²) in [6.07, 6.45) is 9.33. The predicted molar refractivity (Wildman–Crippen MR) is 58.8 cm³/mol. The summed E-state index contributed by atoms with van der Waals surface area (Å²) in [7, 11) is 1.31.